The number of carbonyl (C=O) groups is 3. The molecule has 8 heteroatoms. The molecule has 38 heavy (non-hydrogen) atoms. The zero-order valence-electron chi connectivity index (χ0n) is 21.4. The third-order valence-corrected chi connectivity index (χ3v) is 5.97. The quantitative estimate of drug-likeness (QED) is 0.159. The summed E-state index contributed by atoms with van der Waals surface area (Å²) in [6, 6.07) is 18.7. The van der Waals surface area contributed by atoms with Crippen molar-refractivity contribution in [3.63, 3.8) is 0 Å². The number of ketones is 1. The highest BCUT2D eigenvalue weighted by atomic mass is 16.5. The van der Waals surface area contributed by atoms with E-state index in [1.807, 2.05) is 26.8 Å². The fourth-order valence-corrected chi connectivity index (χ4v) is 4.36. The van der Waals surface area contributed by atoms with Crippen LogP contribution in [0.5, 0.6) is 11.5 Å². The van der Waals surface area contributed by atoms with Gasteiger partial charge in [0, 0.05) is 18.2 Å². The number of esters is 1. The zero-order valence-corrected chi connectivity index (χ0v) is 21.4. The van der Waals surface area contributed by atoms with Crippen LogP contribution in [0.3, 0.4) is 0 Å². The molecule has 1 aliphatic rings. The van der Waals surface area contributed by atoms with Crippen molar-refractivity contribution >= 4 is 29.1 Å². The molecule has 1 amide bonds. The molecule has 1 fully saturated rings. The first-order valence-corrected chi connectivity index (χ1v) is 12.0. The summed E-state index contributed by atoms with van der Waals surface area (Å²) in [5, 5.41) is 20.6. The number of aliphatic hydroxyl groups excluding tert-OH is 1. The van der Waals surface area contributed by atoms with E-state index in [0.29, 0.717) is 28.1 Å². The molecule has 0 radical (unpaired) electrons. The number of benzene rings is 3. The first kappa shape index (κ1) is 26.2. The summed E-state index contributed by atoms with van der Waals surface area (Å²) in [4.78, 5) is 39.6. The lowest BCUT2D eigenvalue weighted by Gasteiger charge is -2.26. The fourth-order valence-electron chi connectivity index (χ4n) is 4.36. The van der Waals surface area contributed by atoms with Crippen LogP contribution in [0, 0.1) is 18.3 Å². The Hall–Kier alpha value is -4.90. The molecule has 0 aromatic heterocycles. The Morgan fingerprint density at radius 3 is 2.37 bits per heavy atom. The van der Waals surface area contributed by atoms with Crippen LogP contribution >= 0.6 is 0 Å². The van der Waals surface area contributed by atoms with Crippen LogP contribution in [0.25, 0.3) is 5.76 Å². The van der Waals surface area contributed by atoms with Gasteiger partial charge in [0.2, 0.25) is 0 Å². The van der Waals surface area contributed by atoms with Crippen molar-refractivity contribution < 1.29 is 29.0 Å². The predicted octanol–water partition coefficient (Wildman–Crippen LogP) is 5.21. The zero-order chi connectivity index (χ0) is 27.6. The average Bonchev–Trinajstić information content (AvgIpc) is 3.14. The highest BCUT2D eigenvalue weighted by molar-refractivity contribution is 6.51. The van der Waals surface area contributed by atoms with Gasteiger partial charge in [-0.2, -0.15) is 5.26 Å². The van der Waals surface area contributed by atoms with Crippen molar-refractivity contribution in [3.05, 3.63) is 94.6 Å². The maximum absolute atomic E-state index is 13.4. The molecule has 1 aliphatic heterocycles. The number of hydrogen-bond acceptors (Lipinski definition) is 7. The molecule has 1 atom stereocenters. The summed E-state index contributed by atoms with van der Waals surface area (Å²) in [6.45, 7) is 6.90. The number of nitrogens with zero attached hydrogens (tertiary/aromatic N) is 2. The summed E-state index contributed by atoms with van der Waals surface area (Å²) in [5.74, 6) is -1.71. The molecule has 3 aromatic rings. The Bertz CT molecular complexity index is 1500. The van der Waals surface area contributed by atoms with Crippen LogP contribution in [0.2, 0.25) is 0 Å². The normalized spacial score (nSPS) is 16.4. The minimum absolute atomic E-state index is 0.0459. The van der Waals surface area contributed by atoms with Gasteiger partial charge in [0.05, 0.1) is 29.4 Å². The lowest BCUT2D eigenvalue weighted by Crippen LogP contribution is -2.29. The van der Waals surface area contributed by atoms with Gasteiger partial charge in [-0.1, -0.05) is 12.1 Å². The molecule has 8 nitrogen and oxygen atoms in total. The number of ether oxygens (including phenoxy) is 2. The summed E-state index contributed by atoms with van der Waals surface area (Å²) in [6.07, 6.45) is -0.0459. The number of aryl methyl sites for hydroxylation is 1. The van der Waals surface area contributed by atoms with Gasteiger partial charge < -0.3 is 14.6 Å². The number of anilines is 1. The molecule has 3 aromatic carbocycles. The number of nitriles is 1. The Labute approximate surface area is 220 Å². The van der Waals surface area contributed by atoms with Crippen molar-refractivity contribution in [1.29, 1.82) is 5.26 Å². The highest BCUT2D eigenvalue weighted by Crippen LogP contribution is 2.43. The summed E-state index contributed by atoms with van der Waals surface area (Å²) in [7, 11) is 0. The van der Waals surface area contributed by atoms with Gasteiger partial charge in [-0.3, -0.25) is 19.3 Å². The largest absolute Gasteiger partial charge is 0.507 e. The van der Waals surface area contributed by atoms with Gasteiger partial charge in [0.25, 0.3) is 11.7 Å². The van der Waals surface area contributed by atoms with Gasteiger partial charge in [0.15, 0.2) is 0 Å². The third kappa shape index (κ3) is 5.13. The van der Waals surface area contributed by atoms with E-state index in [1.54, 1.807) is 54.6 Å². The molecule has 192 valence electrons. The first-order valence-electron chi connectivity index (χ1n) is 12.0. The molecular formula is C30H26N2O6. The second kappa shape index (κ2) is 10.6. The monoisotopic (exact) mass is 510 g/mol. The highest BCUT2D eigenvalue weighted by Gasteiger charge is 2.47. The number of aliphatic hydroxyl groups is 1. The molecule has 0 saturated carbocycles. The molecule has 4 rings (SSSR count). The lowest BCUT2D eigenvalue weighted by atomic mass is 9.94. The minimum Gasteiger partial charge on any atom is -0.507 e. The van der Waals surface area contributed by atoms with Crippen LogP contribution in [-0.4, -0.2) is 28.9 Å². The SMILES string of the molecule is CC(=O)Oc1cccc(C2/C(=C(\O)c3ccc(OC(C)C)c(C)c3)C(=O)C(=O)N2c2ccc(C#N)cc2)c1. The second-order valence-corrected chi connectivity index (χ2v) is 9.14. The van der Waals surface area contributed by atoms with E-state index in [0.717, 1.165) is 5.56 Å². The minimum atomic E-state index is -1.02. The molecule has 0 bridgehead atoms. The van der Waals surface area contributed by atoms with Crippen molar-refractivity contribution in [2.24, 2.45) is 0 Å². The molecule has 0 spiro atoms. The molecular weight excluding hydrogens is 484 g/mol. The van der Waals surface area contributed by atoms with Gasteiger partial charge in [-0.25, -0.2) is 0 Å². The Balaban J connectivity index is 1.90. The molecule has 1 N–H and O–H groups in total. The van der Waals surface area contributed by atoms with Crippen LogP contribution in [0.4, 0.5) is 5.69 Å². The van der Waals surface area contributed by atoms with Gasteiger partial charge in [0.1, 0.15) is 17.3 Å². The van der Waals surface area contributed by atoms with Crippen molar-refractivity contribution in [2.75, 3.05) is 4.90 Å². The van der Waals surface area contributed by atoms with E-state index in [-0.39, 0.29) is 23.2 Å². The van der Waals surface area contributed by atoms with Crippen molar-refractivity contribution in [3.8, 4) is 17.6 Å². The van der Waals surface area contributed by atoms with Gasteiger partial charge >= 0.3 is 5.97 Å². The Morgan fingerprint density at radius 1 is 1.05 bits per heavy atom. The summed E-state index contributed by atoms with van der Waals surface area (Å²) >= 11 is 0. The maximum atomic E-state index is 13.4. The van der Waals surface area contributed by atoms with Crippen molar-refractivity contribution in [1.82, 2.24) is 0 Å². The average molecular weight is 511 g/mol. The van der Waals surface area contributed by atoms with E-state index in [9.17, 15) is 24.8 Å². The van der Waals surface area contributed by atoms with Crippen LogP contribution in [-0.2, 0) is 14.4 Å². The summed E-state index contributed by atoms with van der Waals surface area (Å²) in [5.41, 5.74) is 2.18. The number of amides is 1. The Kier molecular flexibility index (Phi) is 7.31. The van der Waals surface area contributed by atoms with E-state index in [2.05, 4.69) is 0 Å². The standard InChI is InChI=1S/C30H26N2O6/c1-17(2)37-25-13-10-22(14-18(25)3)28(34)26-27(21-6-5-7-24(15-21)38-19(4)33)32(30(36)29(26)35)23-11-8-20(16-31)9-12-23/h5-15,17,27,34H,1-4H3/b28-26+. The molecule has 1 heterocycles. The van der Waals surface area contributed by atoms with E-state index < -0.39 is 23.7 Å². The molecule has 1 saturated heterocycles. The molecule has 1 unspecified atom stereocenters. The topological polar surface area (TPSA) is 117 Å². The molecule has 0 aliphatic carbocycles. The van der Waals surface area contributed by atoms with Gasteiger partial charge in [-0.05, 0) is 86.5 Å². The number of rotatable bonds is 6. The number of hydrogen-bond donors (Lipinski definition) is 1. The maximum Gasteiger partial charge on any atom is 0.308 e. The van der Waals surface area contributed by atoms with E-state index >= 15 is 0 Å². The van der Waals surface area contributed by atoms with E-state index in [1.165, 1.54) is 24.0 Å². The van der Waals surface area contributed by atoms with Crippen molar-refractivity contribution in [2.45, 2.75) is 39.8 Å². The van der Waals surface area contributed by atoms with Crippen LogP contribution < -0.4 is 14.4 Å². The first-order chi connectivity index (χ1) is 18.1. The third-order valence-electron chi connectivity index (χ3n) is 5.97. The Morgan fingerprint density at radius 2 is 1.76 bits per heavy atom. The smallest absolute Gasteiger partial charge is 0.308 e. The lowest BCUT2D eigenvalue weighted by molar-refractivity contribution is -0.132. The van der Waals surface area contributed by atoms with E-state index in [4.69, 9.17) is 9.47 Å². The van der Waals surface area contributed by atoms with Crippen LogP contribution in [0.15, 0.2) is 72.3 Å². The van der Waals surface area contributed by atoms with Gasteiger partial charge in [-0.15, -0.1) is 0 Å². The second-order valence-electron chi connectivity index (χ2n) is 9.14. The predicted molar refractivity (Wildman–Crippen MR) is 141 cm³/mol. The van der Waals surface area contributed by atoms with Crippen LogP contribution in [0.1, 0.15) is 49.1 Å². The number of carbonyl (C=O) groups excluding carboxylic acids is 3. The number of Topliss-reactive ketones (excluding diaryl/α,β-unsaturated/α-hetero) is 1. The fraction of sp³-hybridized carbons (Fsp3) is 0.200. The summed E-state index contributed by atoms with van der Waals surface area (Å²) < 4.78 is 11.0.